The molecule has 1 unspecified atom stereocenters. The first-order valence-electron chi connectivity index (χ1n) is 11.1. The molecule has 0 radical (unpaired) electrons. The molecule has 1 aromatic heterocycles. The first kappa shape index (κ1) is 19.8. The molecule has 6 heteroatoms. The van der Waals surface area contributed by atoms with E-state index in [-0.39, 0.29) is 17.7 Å². The van der Waals surface area contributed by atoms with Crippen LogP contribution in [-0.2, 0) is 16.1 Å². The number of nitrogens with zero attached hydrogens (tertiary/aromatic N) is 3. The van der Waals surface area contributed by atoms with Gasteiger partial charge < -0.3 is 14.8 Å². The zero-order valence-corrected chi connectivity index (χ0v) is 17.9. The van der Waals surface area contributed by atoms with Gasteiger partial charge in [0.15, 0.2) is 0 Å². The third-order valence-electron chi connectivity index (χ3n) is 6.66. The van der Waals surface area contributed by atoms with Crippen LogP contribution in [0.5, 0.6) is 0 Å². The van der Waals surface area contributed by atoms with Gasteiger partial charge in [0, 0.05) is 38.5 Å². The van der Waals surface area contributed by atoms with Crippen molar-refractivity contribution < 1.29 is 9.59 Å². The fourth-order valence-corrected chi connectivity index (χ4v) is 4.80. The lowest BCUT2D eigenvalue weighted by Crippen LogP contribution is -2.42. The first-order valence-corrected chi connectivity index (χ1v) is 11.1. The lowest BCUT2D eigenvalue weighted by atomic mass is 9.95. The Labute approximate surface area is 182 Å². The van der Waals surface area contributed by atoms with Gasteiger partial charge in [-0.1, -0.05) is 42.0 Å². The van der Waals surface area contributed by atoms with Crippen molar-refractivity contribution in [2.75, 3.05) is 19.6 Å². The number of fused-ring (bicyclic) bond motifs is 1. The van der Waals surface area contributed by atoms with Gasteiger partial charge in [0.05, 0.1) is 17.0 Å². The fourth-order valence-electron chi connectivity index (χ4n) is 4.80. The van der Waals surface area contributed by atoms with Gasteiger partial charge in [-0.25, -0.2) is 4.98 Å². The van der Waals surface area contributed by atoms with Crippen LogP contribution in [0.2, 0.25) is 0 Å². The zero-order valence-electron chi connectivity index (χ0n) is 17.9. The maximum atomic E-state index is 13.1. The quantitative estimate of drug-likeness (QED) is 0.706. The van der Waals surface area contributed by atoms with Crippen LogP contribution >= 0.6 is 0 Å². The summed E-state index contributed by atoms with van der Waals surface area (Å²) in [5, 5.41) is 0. The summed E-state index contributed by atoms with van der Waals surface area (Å²) in [4.78, 5) is 37.6. The third kappa shape index (κ3) is 4.07. The smallest absolute Gasteiger partial charge is 0.227 e. The highest BCUT2D eigenvalue weighted by Crippen LogP contribution is 2.30. The predicted octanol–water partition coefficient (Wildman–Crippen LogP) is 3.63. The van der Waals surface area contributed by atoms with Crippen LogP contribution in [0.4, 0.5) is 0 Å². The van der Waals surface area contributed by atoms with E-state index in [2.05, 4.69) is 36.2 Å². The van der Waals surface area contributed by atoms with E-state index in [9.17, 15) is 9.59 Å². The first-order chi connectivity index (χ1) is 15.1. The van der Waals surface area contributed by atoms with Crippen LogP contribution in [-0.4, -0.2) is 51.2 Å². The minimum absolute atomic E-state index is 0.0797. The molecule has 160 valence electrons. The molecule has 0 spiro atoms. The molecule has 31 heavy (non-hydrogen) atoms. The number of nitrogens with one attached hydrogen (secondary N) is 1. The standard InChI is InChI=1S/C25H28N4O2/c1-17-6-8-18(9-7-17)15-29-16-20(14-23(29)30)25(31)28-12-10-19(11-13-28)24-26-21-4-2-3-5-22(21)27-24/h2-9,19-20H,10-16H2,1H3,(H,26,27). The Morgan fingerprint density at radius 3 is 2.58 bits per heavy atom. The molecule has 2 amide bonds. The van der Waals surface area contributed by atoms with Gasteiger partial charge in [-0.15, -0.1) is 0 Å². The number of hydrogen-bond acceptors (Lipinski definition) is 3. The molecule has 1 N–H and O–H groups in total. The Bertz CT molecular complexity index is 1060. The number of H-pyrrole nitrogens is 1. The van der Waals surface area contributed by atoms with Crippen LogP contribution < -0.4 is 0 Å². The molecule has 2 fully saturated rings. The number of para-hydroxylation sites is 2. The third-order valence-corrected chi connectivity index (χ3v) is 6.66. The highest BCUT2D eigenvalue weighted by atomic mass is 16.2. The van der Waals surface area contributed by atoms with E-state index in [1.807, 2.05) is 34.1 Å². The number of carbonyl (C=O) groups excluding carboxylic acids is 2. The van der Waals surface area contributed by atoms with Crippen LogP contribution in [0.15, 0.2) is 48.5 Å². The van der Waals surface area contributed by atoms with Gasteiger partial charge in [-0.2, -0.15) is 0 Å². The Balaban J connectivity index is 1.17. The maximum Gasteiger partial charge on any atom is 0.227 e. The average molecular weight is 417 g/mol. The predicted molar refractivity (Wildman–Crippen MR) is 119 cm³/mol. The average Bonchev–Trinajstić information content (AvgIpc) is 3.38. The van der Waals surface area contributed by atoms with Gasteiger partial charge in [0.2, 0.25) is 11.8 Å². The Hall–Kier alpha value is -3.15. The second kappa shape index (κ2) is 8.17. The number of aromatic amines is 1. The van der Waals surface area contributed by atoms with E-state index in [4.69, 9.17) is 4.98 Å². The molecule has 0 aliphatic carbocycles. The number of rotatable bonds is 4. The van der Waals surface area contributed by atoms with Crippen molar-refractivity contribution in [3.63, 3.8) is 0 Å². The lowest BCUT2D eigenvalue weighted by molar-refractivity contribution is -0.136. The molecular weight excluding hydrogens is 388 g/mol. The van der Waals surface area contributed by atoms with E-state index in [1.165, 1.54) is 5.56 Å². The number of aromatic nitrogens is 2. The van der Waals surface area contributed by atoms with Crippen molar-refractivity contribution in [2.24, 2.45) is 5.92 Å². The van der Waals surface area contributed by atoms with Crippen molar-refractivity contribution in [1.29, 1.82) is 0 Å². The molecule has 3 aromatic rings. The normalized spacial score (nSPS) is 20.0. The van der Waals surface area contributed by atoms with Crippen molar-refractivity contribution in [2.45, 2.75) is 38.6 Å². The Morgan fingerprint density at radius 1 is 1.10 bits per heavy atom. The summed E-state index contributed by atoms with van der Waals surface area (Å²) in [6.07, 6.45) is 2.13. The van der Waals surface area contributed by atoms with Crippen LogP contribution in [0.25, 0.3) is 11.0 Å². The van der Waals surface area contributed by atoms with Crippen LogP contribution in [0.1, 0.15) is 42.1 Å². The minimum Gasteiger partial charge on any atom is -0.342 e. The van der Waals surface area contributed by atoms with Gasteiger partial charge in [-0.05, 0) is 37.5 Å². The lowest BCUT2D eigenvalue weighted by Gasteiger charge is -2.32. The van der Waals surface area contributed by atoms with Crippen molar-refractivity contribution in [1.82, 2.24) is 19.8 Å². The minimum atomic E-state index is -0.222. The monoisotopic (exact) mass is 416 g/mol. The second-order valence-corrected chi connectivity index (χ2v) is 8.90. The van der Waals surface area contributed by atoms with Crippen molar-refractivity contribution in [3.8, 4) is 0 Å². The summed E-state index contributed by atoms with van der Waals surface area (Å²) in [6, 6.07) is 16.3. The van der Waals surface area contributed by atoms with Gasteiger partial charge >= 0.3 is 0 Å². The Kier molecular flexibility index (Phi) is 5.22. The molecule has 0 saturated carbocycles. The number of aryl methyl sites for hydroxylation is 1. The summed E-state index contributed by atoms with van der Waals surface area (Å²) in [5.41, 5.74) is 4.37. The van der Waals surface area contributed by atoms with Crippen LogP contribution in [0, 0.1) is 12.8 Å². The maximum absolute atomic E-state index is 13.1. The van der Waals surface area contributed by atoms with Crippen molar-refractivity contribution in [3.05, 3.63) is 65.5 Å². The zero-order chi connectivity index (χ0) is 21.4. The SMILES string of the molecule is Cc1ccc(CN2CC(C(=O)N3CCC(c4nc5ccccc5[nH]4)CC3)CC2=O)cc1. The molecule has 2 aliphatic heterocycles. The molecule has 6 nitrogen and oxygen atoms in total. The molecule has 3 heterocycles. The van der Waals surface area contributed by atoms with Crippen LogP contribution in [0.3, 0.4) is 0 Å². The number of carbonyl (C=O) groups is 2. The van der Waals surface area contributed by atoms with E-state index in [1.54, 1.807) is 0 Å². The molecule has 1 atom stereocenters. The fraction of sp³-hybridized carbons (Fsp3) is 0.400. The summed E-state index contributed by atoms with van der Waals surface area (Å²) in [5.74, 6) is 1.35. The largest absolute Gasteiger partial charge is 0.342 e. The summed E-state index contributed by atoms with van der Waals surface area (Å²) in [7, 11) is 0. The Morgan fingerprint density at radius 2 is 1.84 bits per heavy atom. The molecule has 2 saturated heterocycles. The topological polar surface area (TPSA) is 69.3 Å². The van der Waals surface area contributed by atoms with E-state index >= 15 is 0 Å². The summed E-state index contributed by atoms with van der Waals surface area (Å²) >= 11 is 0. The highest BCUT2D eigenvalue weighted by Gasteiger charge is 2.37. The highest BCUT2D eigenvalue weighted by molar-refractivity contribution is 5.89. The molecule has 0 bridgehead atoms. The number of piperidine rings is 1. The number of imidazole rings is 1. The number of benzene rings is 2. The molecule has 2 aliphatic rings. The molecule has 5 rings (SSSR count). The van der Waals surface area contributed by atoms with E-state index < -0.39 is 0 Å². The summed E-state index contributed by atoms with van der Waals surface area (Å²) in [6.45, 7) is 4.61. The van der Waals surface area contributed by atoms with E-state index in [0.29, 0.717) is 25.4 Å². The molecule has 2 aromatic carbocycles. The van der Waals surface area contributed by atoms with Crippen molar-refractivity contribution >= 4 is 22.8 Å². The summed E-state index contributed by atoms with van der Waals surface area (Å²) < 4.78 is 0. The van der Waals surface area contributed by atoms with E-state index in [0.717, 1.165) is 48.4 Å². The second-order valence-electron chi connectivity index (χ2n) is 8.90. The van der Waals surface area contributed by atoms with Gasteiger partial charge in [0.1, 0.15) is 5.82 Å². The van der Waals surface area contributed by atoms with Gasteiger partial charge in [0.25, 0.3) is 0 Å². The molecular formula is C25H28N4O2. The number of likely N-dealkylation sites (tertiary alicyclic amines) is 2. The van der Waals surface area contributed by atoms with Gasteiger partial charge in [-0.3, -0.25) is 9.59 Å². The number of amides is 2. The number of hydrogen-bond donors (Lipinski definition) is 1.